The van der Waals surface area contributed by atoms with E-state index in [1.165, 1.54) is 5.69 Å². The average Bonchev–Trinajstić information content (AvgIpc) is 3.28. The zero-order valence-electron chi connectivity index (χ0n) is 19.4. The van der Waals surface area contributed by atoms with Crippen LogP contribution in [0.1, 0.15) is 30.9 Å². The van der Waals surface area contributed by atoms with Crippen LogP contribution in [0.5, 0.6) is 11.5 Å². The van der Waals surface area contributed by atoms with Gasteiger partial charge in [0.1, 0.15) is 23.3 Å². The monoisotopic (exact) mass is 458 g/mol. The van der Waals surface area contributed by atoms with Gasteiger partial charge >= 0.3 is 0 Å². The molecule has 1 saturated heterocycles. The van der Waals surface area contributed by atoms with Crippen LogP contribution in [0.15, 0.2) is 67.0 Å². The van der Waals surface area contributed by atoms with Gasteiger partial charge in [-0.3, -0.25) is 0 Å². The lowest BCUT2D eigenvalue weighted by Crippen LogP contribution is -2.14. The van der Waals surface area contributed by atoms with Crippen LogP contribution in [-0.2, 0) is 9.47 Å². The Morgan fingerprint density at radius 1 is 0.912 bits per heavy atom. The number of rotatable bonds is 5. The normalized spacial score (nSPS) is 17.4. The first-order valence-electron chi connectivity index (χ1n) is 11.9. The van der Waals surface area contributed by atoms with Crippen molar-refractivity contribution in [2.75, 3.05) is 38.8 Å². The molecule has 1 aliphatic rings. The van der Waals surface area contributed by atoms with E-state index in [0.717, 1.165) is 59.8 Å². The molecule has 4 aromatic rings. The SMILES string of the molecule is CNc1ncnn2c(C3CCCOCCOCC3)cc(-c3ccc(Oc4ccccc4)cc3)c12. The number of nitrogens with zero attached hydrogens (tertiary/aromatic N) is 3. The summed E-state index contributed by atoms with van der Waals surface area (Å²) < 4.78 is 19.5. The summed E-state index contributed by atoms with van der Waals surface area (Å²) in [7, 11) is 1.89. The third-order valence-corrected chi connectivity index (χ3v) is 6.21. The highest BCUT2D eigenvalue weighted by Gasteiger charge is 2.22. The smallest absolute Gasteiger partial charge is 0.154 e. The van der Waals surface area contributed by atoms with E-state index in [1.54, 1.807) is 6.33 Å². The summed E-state index contributed by atoms with van der Waals surface area (Å²) in [5.41, 5.74) is 4.35. The average molecular weight is 459 g/mol. The lowest BCUT2D eigenvalue weighted by molar-refractivity contribution is 0.0354. The molecule has 7 nitrogen and oxygen atoms in total. The lowest BCUT2D eigenvalue weighted by atomic mass is 9.95. The van der Waals surface area contributed by atoms with Crippen molar-refractivity contribution in [3.8, 4) is 22.6 Å². The van der Waals surface area contributed by atoms with E-state index in [4.69, 9.17) is 14.2 Å². The Hall–Kier alpha value is -3.42. The van der Waals surface area contributed by atoms with E-state index in [1.807, 2.05) is 54.0 Å². The van der Waals surface area contributed by atoms with Gasteiger partial charge in [-0.1, -0.05) is 30.3 Å². The van der Waals surface area contributed by atoms with Crippen LogP contribution < -0.4 is 10.1 Å². The van der Waals surface area contributed by atoms with E-state index >= 15 is 0 Å². The predicted molar refractivity (Wildman–Crippen MR) is 133 cm³/mol. The van der Waals surface area contributed by atoms with Crippen LogP contribution in [0, 0.1) is 0 Å². The molecular formula is C27H30N4O3. The summed E-state index contributed by atoms with van der Waals surface area (Å²) in [6.07, 6.45) is 4.61. The van der Waals surface area contributed by atoms with Crippen LogP contribution in [0.4, 0.5) is 5.82 Å². The topological polar surface area (TPSA) is 69.9 Å². The first kappa shape index (κ1) is 22.4. The number of aromatic nitrogens is 3. The van der Waals surface area contributed by atoms with Crippen molar-refractivity contribution >= 4 is 11.3 Å². The highest BCUT2D eigenvalue weighted by molar-refractivity contribution is 5.89. The molecule has 0 aliphatic carbocycles. The maximum absolute atomic E-state index is 5.98. The zero-order valence-corrected chi connectivity index (χ0v) is 19.4. The van der Waals surface area contributed by atoms with Crippen molar-refractivity contribution in [2.45, 2.75) is 25.2 Å². The van der Waals surface area contributed by atoms with Gasteiger partial charge in [-0.25, -0.2) is 9.50 Å². The first-order valence-corrected chi connectivity index (χ1v) is 11.9. The molecule has 176 valence electrons. The van der Waals surface area contributed by atoms with Gasteiger partial charge in [-0.2, -0.15) is 5.10 Å². The van der Waals surface area contributed by atoms with Crippen molar-refractivity contribution < 1.29 is 14.2 Å². The fourth-order valence-corrected chi connectivity index (χ4v) is 4.51. The molecule has 34 heavy (non-hydrogen) atoms. The van der Waals surface area contributed by atoms with Crippen molar-refractivity contribution in [3.63, 3.8) is 0 Å². The van der Waals surface area contributed by atoms with E-state index in [9.17, 15) is 0 Å². The van der Waals surface area contributed by atoms with Gasteiger partial charge in [-0.15, -0.1) is 0 Å². The molecule has 1 N–H and O–H groups in total. The molecule has 2 aromatic heterocycles. The molecule has 2 aromatic carbocycles. The van der Waals surface area contributed by atoms with Crippen LogP contribution in [-0.4, -0.2) is 48.1 Å². The first-order chi connectivity index (χ1) is 16.8. The maximum atomic E-state index is 5.98. The van der Waals surface area contributed by atoms with E-state index in [-0.39, 0.29) is 0 Å². The number of fused-ring (bicyclic) bond motifs is 1. The zero-order chi connectivity index (χ0) is 23.2. The Labute approximate surface area is 199 Å². The molecule has 1 fully saturated rings. The number of nitrogens with one attached hydrogen (secondary N) is 1. The minimum absolute atomic E-state index is 0.322. The molecule has 1 unspecified atom stereocenters. The van der Waals surface area contributed by atoms with Gasteiger partial charge in [0.15, 0.2) is 5.82 Å². The number of para-hydroxylation sites is 1. The van der Waals surface area contributed by atoms with Gasteiger partial charge in [-0.05, 0) is 55.2 Å². The van der Waals surface area contributed by atoms with Crippen molar-refractivity contribution in [3.05, 3.63) is 72.7 Å². The number of benzene rings is 2. The fourth-order valence-electron chi connectivity index (χ4n) is 4.51. The summed E-state index contributed by atoms with van der Waals surface area (Å²) in [6, 6.07) is 20.3. The number of ether oxygens (including phenoxy) is 3. The summed E-state index contributed by atoms with van der Waals surface area (Å²) in [4.78, 5) is 4.49. The third-order valence-electron chi connectivity index (χ3n) is 6.21. The summed E-state index contributed by atoms with van der Waals surface area (Å²) in [6.45, 7) is 2.80. The number of hydrogen-bond donors (Lipinski definition) is 1. The molecule has 0 bridgehead atoms. The molecule has 0 amide bonds. The summed E-state index contributed by atoms with van der Waals surface area (Å²) in [5.74, 6) is 2.75. The van der Waals surface area contributed by atoms with Gasteiger partial charge < -0.3 is 19.5 Å². The molecule has 0 radical (unpaired) electrons. The molecule has 0 saturated carbocycles. The maximum Gasteiger partial charge on any atom is 0.154 e. The minimum atomic E-state index is 0.322. The Bertz CT molecular complexity index is 1200. The van der Waals surface area contributed by atoms with Crippen LogP contribution in [0.3, 0.4) is 0 Å². The van der Waals surface area contributed by atoms with Gasteiger partial charge in [0.05, 0.1) is 13.2 Å². The van der Waals surface area contributed by atoms with E-state index in [2.05, 4.69) is 33.6 Å². The van der Waals surface area contributed by atoms with Gasteiger partial charge in [0, 0.05) is 37.4 Å². The third kappa shape index (κ3) is 4.90. The van der Waals surface area contributed by atoms with Gasteiger partial charge in [0.2, 0.25) is 0 Å². The molecule has 1 aliphatic heterocycles. The molecular weight excluding hydrogens is 428 g/mol. The lowest BCUT2D eigenvalue weighted by Gasteiger charge is -2.19. The molecule has 0 spiro atoms. The van der Waals surface area contributed by atoms with Crippen LogP contribution in [0.2, 0.25) is 0 Å². The molecule has 3 heterocycles. The number of hydrogen-bond acceptors (Lipinski definition) is 6. The van der Waals surface area contributed by atoms with E-state index in [0.29, 0.717) is 25.7 Å². The Morgan fingerprint density at radius 2 is 1.68 bits per heavy atom. The largest absolute Gasteiger partial charge is 0.457 e. The second kappa shape index (κ2) is 10.7. The summed E-state index contributed by atoms with van der Waals surface area (Å²) in [5, 5.41) is 7.89. The van der Waals surface area contributed by atoms with Crippen molar-refractivity contribution in [2.24, 2.45) is 0 Å². The molecule has 1 atom stereocenters. The fraction of sp³-hybridized carbons (Fsp3) is 0.333. The number of anilines is 1. The quantitative estimate of drug-likeness (QED) is 0.424. The van der Waals surface area contributed by atoms with Crippen molar-refractivity contribution in [1.82, 2.24) is 14.6 Å². The van der Waals surface area contributed by atoms with Crippen LogP contribution >= 0.6 is 0 Å². The molecule has 7 heteroatoms. The van der Waals surface area contributed by atoms with Crippen LogP contribution in [0.25, 0.3) is 16.6 Å². The Morgan fingerprint density at radius 3 is 2.47 bits per heavy atom. The predicted octanol–water partition coefficient (Wildman–Crippen LogP) is 5.53. The molecule has 5 rings (SSSR count). The summed E-state index contributed by atoms with van der Waals surface area (Å²) >= 11 is 0. The minimum Gasteiger partial charge on any atom is -0.457 e. The van der Waals surface area contributed by atoms with Gasteiger partial charge in [0.25, 0.3) is 0 Å². The highest BCUT2D eigenvalue weighted by Crippen LogP contribution is 2.37. The Kier molecular flexibility index (Phi) is 7.02. The van der Waals surface area contributed by atoms with E-state index < -0.39 is 0 Å². The Balaban J connectivity index is 1.50. The highest BCUT2D eigenvalue weighted by atomic mass is 16.5. The second-order valence-corrected chi connectivity index (χ2v) is 8.39. The van der Waals surface area contributed by atoms with Crippen molar-refractivity contribution in [1.29, 1.82) is 0 Å². The standard InChI is InChI=1S/C27H30N4O3/c1-28-27-26-24(20-9-11-23(12-10-20)34-22-7-3-2-4-8-22)18-25(31(26)30-19-29-27)21-6-5-14-32-16-17-33-15-13-21/h2-4,7-12,18-19,21H,5-6,13-17H2,1H3,(H,28,29,30). The second-order valence-electron chi connectivity index (χ2n) is 8.39.